The molecular formula is C24H30ClFN4O3S. The summed E-state index contributed by atoms with van der Waals surface area (Å²) >= 11 is 0. The summed E-state index contributed by atoms with van der Waals surface area (Å²) in [6.45, 7) is 0.994. The number of likely N-dealkylation sites (tertiary alicyclic amines) is 1. The number of carbonyl (C=O) groups excluding carboxylic acids is 1. The van der Waals surface area contributed by atoms with Crippen LogP contribution in [0, 0.1) is 17.2 Å². The molecule has 10 heteroatoms. The van der Waals surface area contributed by atoms with E-state index in [0.717, 1.165) is 16.3 Å². The van der Waals surface area contributed by atoms with Crippen molar-refractivity contribution in [3.05, 3.63) is 48.0 Å². The lowest BCUT2D eigenvalue weighted by atomic mass is 10.0. The van der Waals surface area contributed by atoms with E-state index in [1.54, 1.807) is 4.31 Å². The van der Waals surface area contributed by atoms with Gasteiger partial charge in [0.25, 0.3) is 0 Å². The lowest BCUT2D eigenvalue weighted by Crippen LogP contribution is -2.48. The smallest absolute Gasteiger partial charge is 0.236 e. The Labute approximate surface area is 206 Å². The molecule has 2 aliphatic heterocycles. The first-order chi connectivity index (χ1) is 15.9. The number of carbonyl (C=O) groups is 1. The lowest BCUT2D eigenvalue weighted by Gasteiger charge is -2.32. The number of hydrogen-bond acceptors (Lipinski definition) is 5. The van der Waals surface area contributed by atoms with Crippen LogP contribution < -0.4 is 5.32 Å². The molecule has 2 saturated heterocycles. The average Bonchev–Trinajstić information content (AvgIpc) is 3.22. The van der Waals surface area contributed by atoms with E-state index in [0.29, 0.717) is 32.4 Å². The fourth-order valence-corrected chi connectivity index (χ4v) is 6.15. The maximum Gasteiger partial charge on any atom is 0.236 e. The van der Waals surface area contributed by atoms with Crippen molar-refractivity contribution in [1.29, 1.82) is 5.26 Å². The zero-order chi connectivity index (χ0) is 23.4. The van der Waals surface area contributed by atoms with Crippen LogP contribution in [0.25, 0.3) is 10.8 Å². The van der Waals surface area contributed by atoms with Gasteiger partial charge in [-0.3, -0.25) is 4.79 Å². The summed E-state index contributed by atoms with van der Waals surface area (Å²) in [6.07, 6.45) is 0.410. The SMILES string of the molecule is Cl.N#C[C@@H]1CN(C(=O)CNC2CCN(S(=O)(=O)CCc3cccc4ccccc34)CC2)C[C@@H]1F. The Hall–Kier alpha value is -2.25. The van der Waals surface area contributed by atoms with E-state index in [1.807, 2.05) is 48.5 Å². The van der Waals surface area contributed by atoms with E-state index in [1.165, 1.54) is 4.90 Å². The second-order valence-electron chi connectivity index (χ2n) is 8.81. The van der Waals surface area contributed by atoms with Gasteiger partial charge in [-0.15, -0.1) is 12.4 Å². The lowest BCUT2D eigenvalue weighted by molar-refractivity contribution is -0.129. The van der Waals surface area contributed by atoms with Crippen molar-refractivity contribution in [2.75, 3.05) is 38.5 Å². The first-order valence-electron chi connectivity index (χ1n) is 11.4. The van der Waals surface area contributed by atoms with Crippen LogP contribution >= 0.6 is 12.4 Å². The summed E-state index contributed by atoms with van der Waals surface area (Å²) in [4.78, 5) is 13.7. The van der Waals surface area contributed by atoms with Crippen LogP contribution in [-0.4, -0.2) is 74.2 Å². The molecule has 2 aliphatic rings. The summed E-state index contributed by atoms with van der Waals surface area (Å²) in [5.41, 5.74) is 1.03. The van der Waals surface area contributed by atoms with Crippen molar-refractivity contribution in [3.8, 4) is 6.07 Å². The molecule has 4 rings (SSSR count). The zero-order valence-electron chi connectivity index (χ0n) is 18.9. The van der Waals surface area contributed by atoms with Gasteiger partial charge in [-0.1, -0.05) is 42.5 Å². The minimum absolute atomic E-state index is 0. The molecule has 2 heterocycles. The molecule has 0 radical (unpaired) electrons. The molecule has 0 saturated carbocycles. The number of alkyl halides is 1. The van der Waals surface area contributed by atoms with E-state index in [9.17, 15) is 17.6 Å². The normalized spacial score (nSPS) is 21.8. The molecule has 0 aliphatic carbocycles. The van der Waals surface area contributed by atoms with Crippen LogP contribution in [-0.2, 0) is 21.2 Å². The Morgan fingerprint density at radius 3 is 2.53 bits per heavy atom. The number of fused-ring (bicyclic) bond motifs is 1. The maximum absolute atomic E-state index is 13.7. The van der Waals surface area contributed by atoms with Crippen LogP contribution in [0.2, 0.25) is 0 Å². The number of sulfonamides is 1. The quantitative estimate of drug-likeness (QED) is 0.620. The van der Waals surface area contributed by atoms with Crippen LogP contribution in [0.1, 0.15) is 18.4 Å². The molecule has 1 N–H and O–H groups in total. The Morgan fingerprint density at radius 2 is 1.82 bits per heavy atom. The number of aryl methyl sites for hydroxylation is 1. The van der Waals surface area contributed by atoms with Gasteiger partial charge in [-0.25, -0.2) is 17.1 Å². The number of amides is 1. The fraction of sp³-hybridized carbons (Fsp3) is 0.500. The van der Waals surface area contributed by atoms with Gasteiger partial charge in [-0.05, 0) is 35.6 Å². The largest absolute Gasteiger partial charge is 0.337 e. The number of nitriles is 1. The summed E-state index contributed by atoms with van der Waals surface area (Å²) < 4.78 is 41.1. The third-order valence-corrected chi connectivity index (χ3v) is 8.54. The fourth-order valence-electron chi connectivity index (χ4n) is 4.65. The molecule has 0 spiro atoms. The van der Waals surface area contributed by atoms with Crippen molar-refractivity contribution in [2.45, 2.75) is 31.5 Å². The predicted octanol–water partition coefficient (Wildman–Crippen LogP) is 2.51. The summed E-state index contributed by atoms with van der Waals surface area (Å²) in [5, 5.41) is 14.3. The highest BCUT2D eigenvalue weighted by Crippen LogP contribution is 2.22. The standard InChI is InChI=1S/C24H29FN4O3S.ClH/c25-23-17-28(16-20(23)14-26)24(30)15-27-21-8-11-29(12-9-21)33(31,32)13-10-19-6-3-5-18-4-1-2-7-22(18)19;/h1-7,20-21,23,27H,8-13,15-17H2;1H/t20-,23+;/m1./s1. The van der Waals surface area contributed by atoms with Crippen LogP contribution in [0.4, 0.5) is 4.39 Å². The monoisotopic (exact) mass is 508 g/mol. The van der Waals surface area contributed by atoms with Gasteiger partial charge in [0.1, 0.15) is 6.17 Å². The Balaban J connectivity index is 0.00000324. The van der Waals surface area contributed by atoms with Crippen molar-refractivity contribution >= 4 is 39.1 Å². The molecule has 0 bridgehead atoms. The number of nitrogens with one attached hydrogen (secondary N) is 1. The molecule has 34 heavy (non-hydrogen) atoms. The van der Waals surface area contributed by atoms with E-state index in [-0.39, 0.29) is 49.7 Å². The average molecular weight is 509 g/mol. The van der Waals surface area contributed by atoms with Crippen LogP contribution in [0.5, 0.6) is 0 Å². The third kappa shape index (κ3) is 6.05. The highest BCUT2D eigenvalue weighted by molar-refractivity contribution is 7.89. The number of piperidine rings is 1. The molecule has 2 fully saturated rings. The van der Waals surface area contributed by atoms with Gasteiger partial charge in [-0.2, -0.15) is 5.26 Å². The minimum atomic E-state index is -3.38. The Kier molecular flexibility index (Phi) is 8.88. The van der Waals surface area contributed by atoms with Gasteiger partial charge < -0.3 is 10.2 Å². The number of halogens is 2. The number of benzene rings is 2. The third-order valence-electron chi connectivity index (χ3n) is 6.67. The van der Waals surface area contributed by atoms with Gasteiger partial charge in [0.2, 0.25) is 15.9 Å². The molecule has 1 amide bonds. The predicted molar refractivity (Wildman–Crippen MR) is 132 cm³/mol. The molecule has 2 aromatic carbocycles. The molecule has 2 atom stereocenters. The second kappa shape index (κ2) is 11.5. The number of hydrogen-bond donors (Lipinski definition) is 1. The number of rotatable bonds is 7. The Morgan fingerprint density at radius 1 is 1.12 bits per heavy atom. The highest BCUT2D eigenvalue weighted by Gasteiger charge is 2.35. The summed E-state index contributed by atoms with van der Waals surface area (Å²) in [6, 6.07) is 15.9. The van der Waals surface area contributed by atoms with Gasteiger partial charge >= 0.3 is 0 Å². The topological polar surface area (TPSA) is 93.5 Å². The summed E-state index contributed by atoms with van der Waals surface area (Å²) in [5.74, 6) is -0.909. The summed E-state index contributed by atoms with van der Waals surface area (Å²) in [7, 11) is -3.38. The van der Waals surface area contributed by atoms with Crippen LogP contribution in [0.3, 0.4) is 0 Å². The molecule has 2 aromatic rings. The van der Waals surface area contributed by atoms with Crippen LogP contribution in [0.15, 0.2) is 42.5 Å². The molecule has 184 valence electrons. The van der Waals surface area contributed by atoms with Crippen molar-refractivity contribution in [3.63, 3.8) is 0 Å². The van der Waals surface area contributed by atoms with E-state index in [4.69, 9.17) is 5.26 Å². The van der Waals surface area contributed by atoms with Gasteiger partial charge in [0.15, 0.2) is 0 Å². The van der Waals surface area contributed by atoms with E-state index >= 15 is 0 Å². The zero-order valence-corrected chi connectivity index (χ0v) is 20.5. The van der Waals surface area contributed by atoms with E-state index in [2.05, 4.69) is 5.32 Å². The van der Waals surface area contributed by atoms with Gasteiger partial charge in [0.05, 0.1) is 30.8 Å². The first-order valence-corrected chi connectivity index (χ1v) is 13.0. The maximum atomic E-state index is 13.7. The number of nitrogens with zero attached hydrogens (tertiary/aromatic N) is 3. The molecule has 7 nitrogen and oxygen atoms in total. The van der Waals surface area contributed by atoms with Crippen molar-refractivity contribution in [1.82, 2.24) is 14.5 Å². The molecule has 0 aromatic heterocycles. The second-order valence-corrected chi connectivity index (χ2v) is 10.9. The van der Waals surface area contributed by atoms with Crippen molar-refractivity contribution < 1.29 is 17.6 Å². The first kappa shape index (κ1) is 26.4. The Bertz CT molecular complexity index is 1140. The minimum Gasteiger partial charge on any atom is -0.337 e. The van der Waals surface area contributed by atoms with Gasteiger partial charge in [0, 0.05) is 25.7 Å². The van der Waals surface area contributed by atoms with Crippen molar-refractivity contribution in [2.24, 2.45) is 5.92 Å². The van der Waals surface area contributed by atoms with E-state index < -0.39 is 22.1 Å². The molecular weight excluding hydrogens is 479 g/mol. The molecule has 0 unspecified atom stereocenters. The highest BCUT2D eigenvalue weighted by atomic mass is 35.5.